The van der Waals surface area contributed by atoms with Gasteiger partial charge in [-0.3, -0.25) is 14.4 Å². The van der Waals surface area contributed by atoms with Crippen LogP contribution in [0.25, 0.3) is 0 Å². The molecule has 1 saturated carbocycles. The molecule has 0 aromatic heterocycles. The number of allylic oxidation sites excluding steroid dienone is 2. The predicted octanol–water partition coefficient (Wildman–Crippen LogP) is 4.64. The molecule has 0 bridgehead atoms. The maximum atomic E-state index is 13.1. The molecule has 0 saturated heterocycles. The number of hydrogen-bond acceptors (Lipinski definition) is 5. The lowest BCUT2D eigenvalue weighted by atomic mass is 9.94. The van der Waals surface area contributed by atoms with Crippen molar-refractivity contribution >= 4 is 17.8 Å². The zero-order valence-corrected chi connectivity index (χ0v) is 23.2. The van der Waals surface area contributed by atoms with Gasteiger partial charge in [-0.15, -0.1) is 13.2 Å². The number of unbranched alkanes of at least 4 members (excludes halogenated alkanes) is 1. The highest BCUT2D eigenvalue weighted by Gasteiger charge is 2.36. The van der Waals surface area contributed by atoms with Gasteiger partial charge in [-0.25, -0.2) is 0 Å². The minimum absolute atomic E-state index is 0.00206. The zero-order chi connectivity index (χ0) is 28.0. The van der Waals surface area contributed by atoms with Crippen molar-refractivity contribution < 1.29 is 24.2 Å². The molecule has 7 heteroatoms. The molecular weight excluding hydrogens is 480 g/mol. The monoisotopic (exact) mass is 526 g/mol. The Hall–Kier alpha value is -2.93. The molecule has 1 fully saturated rings. The van der Waals surface area contributed by atoms with Crippen LogP contribution in [0.5, 0.6) is 0 Å². The third-order valence-electron chi connectivity index (χ3n) is 7.18. The van der Waals surface area contributed by atoms with Crippen LogP contribution < -0.4 is 10.6 Å². The Labute approximate surface area is 228 Å². The number of aliphatic hydroxyl groups excluding tert-OH is 1. The van der Waals surface area contributed by atoms with Gasteiger partial charge in [0.2, 0.25) is 11.8 Å². The van der Waals surface area contributed by atoms with E-state index in [1.165, 1.54) is 0 Å². The predicted molar refractivity (Wildman–Crippen MR) is 150 cm³/mol. The maximum Gasteiger partial charge on any atom is 0.309 e. The van der Waals surface area contributed by atoms with Crippen molar-refractivity contribution in [2.24, 2.45) is 11.8 Å². The van der Waals surface area contributed by atoms with Crippen LogP contribution in [0, 0.1) is 11.8 Å². The molecule has 2 amide bonds. The van der Waals surface area contributed by atoms with Crippen LogP contribution in [0.1, 0.15) is 77.2 Å². The highest BCUT2D eigenvalue weighted by atomic mass is 16.5. The summed E-state index contributed by atoms with van der Waals surface area (Å²) in [7, 11) is 0. The first-order valence-corrected chi connectivity index (χ1v) is 13.8. The SMILES string of the molecule is C=CCCC[C@H](Cc1ccccc1)C(=O)OCC(C)(C)NC(=O)[C@@H](CC=C)CC(=O)NC1(CO)CCCC1. The van der Waals surface area contributed by atoms with Crippen molar-refractivity contribution in [3.8, 4) is 0 Å². The molecule has 0 heterocycles. The number of benzene rings is 1. The number of esters is 1. The lowest BCUT2D eigenvalue weighted by Crippen LogP contribution is -2.52. The Kier molecular flexibility index (Phi) is 12.7. The van der Waals surface area contributed by atoms with Gasteiger partial charge in [0.05, 0.1) is 29.5 Å². The minimum Gasteiger partial charge on any atom is -0.463 e. The van der Waals surface area contributed by atoms with E-state index in [0.29, 0.717) is 19.3 Å². The Morgan fingerprint density at radius 2 is 1.79 bits per heavy atom. The third kappa shape index (κ3) is 10.4. The van der Waals surface area contributed by atoms with Crippen molar-refractivity contribution in [1.82, 2.24) is 10.6 Å². The van der Waals surface area contributed by atoms with Gasteiger partial charge >= 0.3 is 5.97 Å². The fourth-order valence-electron chi connectivity index (χ4n) is 4.98. The molecule has 7 nitrogen and oxygen atoms in total. The van der Waals surface area contributed by atoms with Gasteiger partial charge in [0.15, 0.2) is 0 Å². The van der Waals surface area contributed by atoms with Gasteiger partial charge in [-0.1, -0.05) is 55.3 Å². The van der Waals surface area contributed by atoms with Crippen LogP contribution in [0.4, 0.5) is 0 Å². The number of hydrogen-bond donors (Lipinski definition) is 3. The summed E-state index contributed by atoms with van der Waals surface area (Å²) in [5.41, 5.74) is -0.327. The summed E-state index contributed by atoms with van der Waals surface area (Å²) in [6.45, 7) is 11.0. The second-order valence-corrected chi connectivity index (χ2v) is 11.2. The highest BCUT2D eigenvalue weighted by Crippen LogP contribution is 2.29. The molecule has 0 unspecified atom stereocenters. The molecule has 0 radical (unpaired) electrons. The van der Waals surface area contributed by atoms with E-state index in [2.05, 4.69) is 23.8 Å². The molecule has 2 atom stereocenters. The Morgan fingerprint density at radius 1 is 1.11 bits per heavy atom. The number of rotatable bonds is 17. The quantitative estimate of drug-likeness (QED) is 0.156. The first kappa shape index (κ1) is 31.3. The summed E-state index contributed by atoms with van der Waals surface area (Å²) >= 11 is 0. The lowest BCUT2D eigenvalue weighted by Gasteiger charge is -2.30. The van der Waals surface area contributed by atoms with Crippen LogP contribution in [-0.2, 0) is 25.5 Å². The average Bonchev–Trinajstić information content (AvgIpc) is 3.35. The molecule has 210 valence electrons. The van der Waals surface area contributed by atoms with E-state index in [0.717, 1.165) is 44.1 Å². The second kappa shape index (κ2) is 15.5. The van der Waals surface area contributed by atoms with Crippen LogP contribution in [-0.4, -0.2) is 47.2 Å². The van der Waals surface area contributed by atoms with E-state index in [1.807, 2.05) is 36.4 Å². The topological polar surface area (TPSA) is 105 Å². The van der Waals surface area contributed by atoms with E-state index >= 15 is 0 Å². The fraction of sp³-hybridized carbons (Fsp3) is 0.581. The van der Waals surface area contributed by atoms with E-state index < -0.39 is 17.0 Å². The third-order valence-corrected chi connectivity index (χ3v) is 7.18. The molecule has 38 heavy (non-hydrogen) atoms. The van der Waals surface area contributed by atoms with Gasteiger partial charge in [-0.2, -0.15) is 0 Å². The molecule has 0 spiro atoms. The number of carbonyl (C=O) groups is 3. The summed E-state index contributed by atoms with van der Waals surface area (Å²) in [5, 5.41) is 15.7. The maximum absolute atomic E-state index is 13.1. The van der Waals surface area contributed by atoms with E-state index in [4.69, 9.17) is 4.74 Å². The summed E-state index contributed by atoms with van der Waals surface area (Å²) in [6.07, 6.45) is 10.2. The molecule has 0 aliphatic heterocycles. The van der Waals surface area contributed by atoms with Crippen molar-refractivity contribution in [2.75, 3.05) is 13.2 Å². The molecule has 1 aliphatic rings. The molecule has 1 aromatic rings. The number of ether oxygens (including phenoxy) is 1. The molecule has 2 rings (SSSR count). The van der Waals surface area contributed by atoms with Crippen molar-refractivity contribution in [1.29, 1.82) is 0 Å². The number of amides is 2. The van der Waals surface area contributed by atoms with Crippen LogP contribution in [0.3, 0.4) is 0 Å². The van der Waals surface area contributed by atoms with Crippen molar-refractivity contribution in [3.63, 3.8) is 0 Å². The summed E-state index contributed by atoms with van der Waals surface area (Å²) < 4.78 is 5.70. The molecule has 1 aliphatic carbocycles. The Balaban J connectivity index is 1.94. The lowest BCUT2D eigenvalue weighted by molar-refractivity contribution is -0.151. The van der Waals surface area contributed by atoms with Crippen molar-refractivity contribution in [2.45, 2.75) is 89.1 Å². The summed E-state index contributed by atoms with van der Waals surface area (Å²) in [6, 6.07) is 9.86. The van der Waals surface area contributed by atoms with Gasteiger partial charge in [0.1, 0.15) is 6.61 Å². The van der Waals surface area contributed by atoms with Gasteiger partial charge < -0.3 is 20.5 Å². The van der Waals surface area contributed by atoms with E-state index in [-0.39, 0.29) is 43.3 Å². The molecule has 3 N–H and O–H groups in total. The minimum atomic E-state index is -0.821. The summed E-state index contributed by atoms with van der Waals surface area (Å²) in [4.78, 5) is 38.9. The van der Waals surface area contributed by atoms with Gasteiger partial charge in [0.25, 0.3) is 0 Å². The summed E-state index contributed by atoms with van der Waals surface area (Å²) in [5.74, 6) is -1.72. The number of carbonyl (C=O) groups excluding carboxylic acids is 3. The first-order chi connectivity index (χ1) is 18.1. The van der Waals surface area contributed by atoms with E-state index in [1.54, 1.807) is 19.9 Å². The Bertz CT molecular complexity index is 921. The fourth-order valence-corrected chi connectivity index (χ4v) is 4.98. The first-order valence-electron chi connectivity index (χ1n) is 13.8. The average molecular weight is 527 g/mol. The molecular formula is C31H46N2O5. The normalized spacial score (nSPS) is 16.2. The van der Waals surface area contributed by atoms with Crippen LogP contribution >= 0.6 is 0 Å². The highest BCUT2D eigenvalue weighted by molar-refractivity contribution is 5.86. The number of nitrogens with one attached hydrogen (secondary N) is 2. The second-order valence-electron chi connectivity index (χ2n) is 11.2. The van der Waals surface area contributed by atoms with Crippen LogP contribution in [0.15, 0.2) is 55.6 Å². The van der Waals surface area contributed by atoms with Crippen molar-refractivity contribution in [3.05, 3.63) is 61.2 Å². The van der Waals surface area contributed by atoms with Gasteiger partial charge in [0, 0.05) is 6.42 Å². The number of aliphatic hydroxyl groups is 1. The molecule has 1 aromatic carbocycles. The van der Waals surface area contributed by atoms with Gasteiger partial charge in [-0.05, 0) is 64.4 Å². The van der Waals surface area contributed by atoms with E-state index in [9.17, 15) is 19.5 Å². The zero-order valence-electron chi connectivity index (χ0n) is 23.2. The smallest absolute Gasteiger partial charge is 0.309 e. The standard InChI is InChI=1S/C31H46N2O5/c1-5-7-9-17-26(20-24-15-10-8-11-16-24)29(37)38-23-30(3,4)33-28(36)25(14-6-2)21-27(35)32-31(22-34)18-12-13-19-31/h5-6,8,10-11,15-16,25-26,34H,1-2,7,9,12-14,17-23H2,3-4H3,(H,32,35)(H,33,36)/t25-,26+/m0/s1. The van der Waals surface area contributed by atoms with Crippen LogP contribution in [0.2, 0.25) is 0 Å². The Morgan fingerprint density at radius 3 is 2.39 bits per heavy atom. The largest absolute Gasteiger partial charge is 0.463 e.